The first-order valence-electron chi connectivity index (χ1n) is 12.9. The van der Waals surface area contributed by atoms with Gasteiger partial charge in [-0.25, -0.2) is 0 Å². The Morgan fingerprint density at radius 2 is 0.919 bits per heavy atom. The molecule has 2 aromatic carbocycles. The summed E-state index contributed by atoms with van der Waals surface area (Å²) in [5, 5.41) is 0. The lowest BCUT2D eigenvalue weighted by Crippen LogP contribution is -2.25. The van der Waals surface area contributed by atoms with Crippen molar-refractivity contribution in [3.63, 3.8) is 0 Å². The van der Waals surface area contributed by atoms with Gasteiger partial charge >= 0.3 is 0 Å². The van der Waals surface area contributed by atoms with Gasteiger partial charge in [0.25, 0.3) is 0 Å². The van der Waals surface area contributed by atoms with E-state index >= 15 is 0 Å². The zero-order chi connectivity index (χ0) is 28.0. The Morgan fingerprint density at radius 3 is 1.19 bits per heavy atom. The molecule has 0 aliphatic rings. The molecule has 0 amide bonds. The molecule has 4 heteroatoms. The smallest absolute Gasteiger partial charge is 0.158 e. The second-order valence-electron chi connectivity index (χ2n) is 12.3. The first-order valence-corrected chi connectivity index (χ1v) is 12.9. The number of ether oxygens (including phenoxy) is 2. The fourth-order valence-corrected chi connectivity index (χ4v) is 3.93. The molecule has 200 valence electrons. The number of carbonyl (C=O) groups is 2. The lowest BCUT2D eigenvalue weighted by Gasteiger charge is -2.28. The van der Waals surface area contributed by atoms with Gasteiger partial charge in [-0.05, 0) is 60.4 Å². The molecule has 0 spiro atoms. The number of allylic oxidation sites excluding steroid dienone is 2. The summed E-state index contributed by atoms with van der Waals surface area (Å²) < 4.78 is 12.0. The molecular weight excluding hydrogens is 460 g/mol. The van der Waals surface area contributed by atoms with Gasteiger partial charge in [0.1, 0.15) is 11.5 Å². The quantitative estimate of drug-likeness (QED) is 0.245. The summed E-state index contributed by atoms with van der Waals surface area (Å²) in [5.74, 6) is 1.71. The fourth-order valence-electron chi connectivity index (χ4n) is 3.93. The topological polar surface area (TPSA) is 52.6 Å². The lowest BCUT2D eigenvalue weighted by atomic mass is 9.78. The molecule has 2 rings (SSSR count). The third kappa shape index (κ3) is 9.03. The van der Waals surface area contributed by atoms with E-state index < -0.39 is 0 Å². The standard InChI is InChI=1S/C33H44O4/c1-23(2)29(34)19-31(5,6)21-36-27-15-11-25(12-16-27)33(9,10)26-13-17-28(18-14-26)37-22-32(7,8)20-30(35)24(3)4/h11-18H,1,3,19-22H2,2,4-10H3. The zero-order valence-electron chi connectivity index (χ0n) is 24.0. The number of hydrogen-bond donors (Lipinski definition) is 0. The molecule has 0 heterocycles. The molecule has 0 fully saturated rings. The van der Waals surface area contributed by atoms with Gasteiger partial charge in [-0.1, -0.05) is 79.0 Å². The van der Waals surface area contributed by atoms with Gasteiger partial charge in [0, 0.05) is 29.1 Å². The highest BCUT2D eigenvalue weighted by Crippen LogP contribution is 2.34. The Balaban J connectivity index is 2.01. The highest BCUT2D eigenvalue weighted by molar-refractivity contribution is 5.94. The molecule has 0 saturated heterocycles. The summed E-state index contributed by atoms with van der Waals surface area (Å²) in [7, 11) is 0. The van der Waals surface area contributed by atoms with Gasteiger partial charge < -0.3 is 9.47 Å². The van der Waals surface area contributed by atoms with Crippen molar-refractivity contribution in [3.8, 4) is 11.5 Å². The van der Waals surface area contributed by atoms with Crippen LogP contribution in [0.1, 0.15) is 79.4 Å². The average molecular weight is 505 g/mol. The molecule has 0 radical (unpaired) electrons. The number of hydrogen-bond acceptors (Lipinski definition) is 4. The second-order valence-corrected chi connectivity index (χ2v) is 12.3. The number of benzene rings is 2. The average Bonchev–Trinajstić information content (AvgIpc) is 2.81. The van der Waals surface area contributed by atoms with Gasteiger partial charge in [-0.3, -0.25) is 9.59 Å². The van der Waals surface area contributed by atoms with Gasteiger partial charge in [-0.2, -0.15) is 0 Å². The zero-order valence-corrected chi connectivity index (χ0v) is 24.0. The number of carbonyl (C=O) groups excluding carboxylic acids is 2. The van der Waals surface area contributed by atoms with Crippen LogP contribution in [0.2, 0.25) is 0 Å². The number of Topliss-reactive ketones (excluding diaryl/α,β-unsaturated/α-hetero) is 2. The van der Waals surface area contributed by atoms with Crippen LogP contribution in [0, 0.1) is 10.8 Å². The molecule has 0 unspecified atom stereocenters. The van der Waals surface area contributed by atoms with Crippen molar-refractivity contribution in [1.82, 2.24) is 0 Å². The summed E-state index contributed by atoms with van der Waals surface area (Å²) >= 11 is 0. The van der Waals surface area contributed by atoms with E-state index in [0.29, 0.717) is 37.2 Å². The maximum absolute atomic E-state index is 12.0. The maximum Gasteiger partial charge on any atom is 0.158 e. The van der Waals surface area contributed by atoms with Crippen LogP contribution in [0.5, 0.6) is 11.5 Å². The third-order valence-corrected chi connectivity index (χ3v) is 6.64. The minimum atomic E-state index is -0.271. The van der Waals surface area contributed by atoms with Crippen LogP contribution in [-0.4, -0.2) is 24.8 Å². The molecule has 4 nitrogen and oxygen atoms in total. The molecule has 0 aromatic heterocycles. The first kappa shape index (κ1) is 30.1. The van der Waals surface area contributed by atoms with Crippen LogP contribution in [0.15, 0.2) is 72.8 Å². The monoisotopic (exact) mass is 504 g/mol. The van der Waals surface area contributed by atoms with Crippen LogP contribution in [0.4, 0.5) is 0 Å². The second kappa shape index (κ2) is 11.9. The molecular formula is C33H44O4. The Hall–Kier alpha value is -3.14. The lowest BCUT2D eigenvalue weighted by molar-refractivity contribution is -0.118. The van der Waals surface area contributed by atoms with E-state index in [0.717, 1.165) is 11.5 Å². The molecule has 0 aliphatic carbocycles. The SMILES string of the molecule is C=C(C)C(=O)CC(C)(C)COc1ccc(C(C)(C)c2ccc(OCC(C)(C)CC(=O)C(=C)C)cc2)cc1. The first-order chi connectivity index (χ1) is 17.0. The summed E-state index contributed by atoms with van der Waals surface area (Å²) in [5.41, 5.74) is 2.75. The van der Waals surface area contributed by atoms with Crippen molar-refractivity contribution in [2.45, 2.75) is 73.6 Å². The molecule has 2 aromatic rings. The summed E-state index contributed by atoms with van der Waals surface area (Å²) in [6.07, 6.45) is 0.828. The van der Waals surface area contributed by atoms with Crippen LogP contribution >= 0.6 is 0 Å². The molecule has 0 bridgehead atoms. The van der Waals surface area contributed by atoms with E-state index in [1.165, 1.54) is 11.1 Å². The summed E-state index contributed by atoms with van der Waals surface area (Å²) in [6, 6.07) is 16.3. The summed E-state index contributed by atoms with van der Waals surface area (Å²) in [6.45, 7) is 24.4. The van der Waals surface area contributed by atoms with E-state index in [9.17, 15) is 9.59 Å². The van der Waals surface area contributed by atoms with Gasteiger partial charge in [0.05, 0.1) is 13.2 Å². The van der Waals surface area contributed by atoms with E-state index in [-0.39, 0.29) is 27.8 Å². The van der Waals surface area contributed by atoms with Crippen molar-refractivity contribution < 1.29 is 19.1 Å². The normalized spacial score (nSPS) is 12.1. The molecule has 37 heavy (non-hydrogen) atoms. The molecule has 0 N–H and O–H groups in total. The van der Waals surface area contributed by atoms with Crippen LogP contribution in [0.3, 0.4) is 0 Å². The van der Waals surface area contributed by atoms with E-state index in [4.69, 9.17) is 9.47 Å². The predicted octanol–water partition coefficient (Wildman–Crippen LogP) is 7.89. The minimum absolute atomic E-state index is 0.0729. The highest BCUT2D eigenvalue weighted by Gasteiger charge is 2.26. The van der Waals surface area contributed by atoms with Crippen molar-refractivity contribution in [3.05, 3.63) is 84.0 Å². The van der Waals surface area contributed by atoms with Crippen molar-refractivity contribution in [2.24, 2.45) is 10.8 Å². The maximum atomic E-state index is 12.0. The highest BCUT2D eigenvalue weighted by atomic mass is 16.5. The van der Waals surface area contributed by atoms with Gasteiger partial charge in [0.15, 0.2) is 11.6 Å². The van der Waals surface area contributed by atoms with Gasteiger partial charge in [0.2, 0.25) is 0 Å². The fraction of sp³-hybridized carbons (Fsp3) is 0.455. The summed E-state index contributed by atoms with van der Waals surface area (Å²) in [4.78, 5) is 24.1. The minimum Gasteiger partial charge on any atom is -0.493 e. The molecule has 0 atom stereocenters. The number of rotatable bonds is 14. The Labute approximate surface area is 223 Å². The largest absolute Gasteiger partial charge is 0.493 e. The van der Waals surface area contributed by atoms with Crippen molar-refractivity contribution >= 4 is 11.6 Å². The van der Waals surface area contributed by atoms with Crippen molar-refractivity contribution in [1.29, 1.82) is 0 Å². The van der Waals surface area contributed by atoms with E-state index in [2.05, 4.69) is 51.3 Å². The molecule has 0 saturated carbocycles. The predicted molar refractivity (Wildman–Crippen MR) is 152 cm³/mol. The Morgan fingerprint density at radius 1 is 0.622 bits per heavy atom. The third-order valence-electron chi connectivity index (χ3n) is 6.64. The van der Waals surface area contributed by atoms with E-state index in [1.807, 2.05) is 52.0 Å². The van der Waals surface area contributed by atoms with Crippen molar-refractivity contribution in [2.75, 3.05) is 13.2 Å². The van der Waals surface area contributed by atoms with Crippen LogP contribution < -0.4 is 9.47 Å². The molecule has 0 aliphatic heterocycles. The van der Waals surface area contributed by atoms with Crippen LogP contribution in [0.25, 0.3) is 0 Å². The van der Waals surface area contributed by atoms with E-state index in [1.54, 1.807) is 13.8 Å². The Bertz CT molecular complexity index is 1030. The Kier molecular flexibility index (Phi) is 9.71. The number of ketones is 2. The van der Waals surface area contributed by atoms with Gasteiger partial charge in [-0.15, -0.1) is 0 Å². The van der Waals surface area contributed by atoms with Crippen LogP contribution in [-0.2, 0) is 15.0 Å².